The number of benzene rings is 1. The smallest absolute Gasteiger partial charge is 0.0965 e. The van der Waals surface area contributed by atoms with Gasteiger partial charge in [-0.05, 0) is 24.8 Å². The molecule has 82 valence electrons. The third-order valence-electron chi connectivity index (χ3n) is 3.05. The Kier molecular flexibility index (Phi) is 3.61. The van der Waals surface area contributed by atoms with Crippen molar-refractivity contribution in [3.63, 3.8) is 0 Å². The molecule has 1 aromatic carbocycles. The molecule has 0 radical (unpaired) electrons. The lowest BCUT2D eigenvalue weighted by Crippen LogP contribution is -2.10. The van der Waals surface area contributed by atoms with Crippen LogP contribution >= 0.6 is 0 Å². The highest BCUT2D eigenvalue weighted by molar-refractivity contribution is 5.27. The van der Waals surface area contributed by atoms with Gasteiger partial charge in [0.05, 0.1) is 6.07 Å². The van der Waals surface area contributed by atoms with Crippen molar-refractivity contribution in [1.29, 1.82) is 5.26 Å². The van der Waals surface area contributed by atoms with Gasteiger partial charge in [-0.1, -0.05) is 30.3 Å². The maximum Gasteiger partial charge on any atom is 0.0965 e. The first-order valence-electron chi connectivity index (χ1n) is 5.77. The van der Waals surface area contributed by atoms with Crippen LogP contribution in [0.3, 0.4) is 0 Å². The second-order valence-electron chi connectivity index (χ2n) is 4.19. The van der Waals surface area contributed by atoms with E-state index in [1.54, 1.807) is 0 Å². The number of rotatable bonds is 4. The molecule has 0 bridgehead atoms. The van der Waals surface area contributed by atoms with E-state index < -0.39 is 0 Å². The van der Waals surface area contributed by atoms with Gasteiger partial charge in [0.2, 0.25) is 0 Å². The third-order valence-corrected chi connectivity index (χ3v) is 3.05. The van der Waals surface area contributed by atoms with Crippen molar-refractivity contribution in [2.75, 3.05) is 6.54 Å². The average molecular weight is 212 g/mol. The molecule has 0 aliphatic carbocycles. The summed E-state index contributed by atoms with van der Waals surface area (Å²) in [5.41, 5.74) is 2.30. The minimum atomic E-state index is 0.425. The Morgan fingerprint density at radius 2 is 2.12 bits per heavy atom. The molecule has 0 amide bonds. The normalized spacial score (nSPS) is 18.7. The van der Waals surface area contributed by atoms with Crippen LogP contribution in [0.15, 0.2) is 42.1 Å². The zero-order valence-corrected chi connectivity index (χ0v) is 9.32. The molecule has 2 heteroatoms. The second-order valence-corrected chi connectivity index (χ2v) is 4.19. The van der Waals surface area contributed by atoms with Crippen LogP contribution in [0.25, 0.3) is 0 Å². The predicted molar refractivity (Wildman–Crippen MR) is 64.6 cm³/mol. The summed E-state index contributed by atoms with van der Waals surface area (Å²) in [6.07, 6.45) is 5.21. The molecule has 16 heavy (non-hydrogen) atoms. The highest BCUT2D eigenvalue weighted by Gasteiger charge is 2.17. The molecule has 1 heterocycles. The first-order valence-corrected chi connectivity index (χ1v) is 5.77. The minimum absolute atomic E-state index is 0.425. The van der Waals surface area contributed by atoms with Gasteiger partial charge in [-0.15, -0.1) is 0 Å². The Balaban J connectivity index is 1.77. The molecule has 1 aliphatic rings. The Morgan fingerprint density at radius 1 is 1.31 bits per heavy atom. The van der Waals surface area contributed by atoms with Gasteiger partial charge in [-0.25, -0.2) is 0 Å². The van der Waals surface area contributed by atoms with Crippen molar-refractivity contribution in [2.24, 2.45) is 5.92 Å². The van der Waals surface area contributed by atoms with Crippen molar-refractivity contribution in [3.8, 4) is 6.07 Å². The monoisotopic (exact) mass is 212 g/mol. The molecule has 0 spiro atoms. The van der Waals surface area contributed by atoms with Crippen LogP contribution in [0.4, 0.5) is 0 Å². The van der Waals surface area contributed by atoms with Crippen LogP contribution in [0.1, 0.15) is 18.4 Å². The summed E-state index contributed by atoms with van der Waals surface area (Å²) in [7, 11) is 0. The summed E-state index contributed by atoms with van der Waals surface area (Å²) >= 11 is 0. The minimum Gasteiger partial charge on any atom is -0.389 e. The molecule has 1 unspecified atom stereocenters. The molecule has 0 aromatic heterocycles. The molecule has 0 saturated carbocycles. The van der Waals surface area contributed by atoms with E-state index in [-0.39, 0.29) is 0 Å². The van der Waals surface area contributed by atoms with Crippen molar-refractivity contribution in [3.05, 3.63) is 47.7 Å². The van der Waals surface area contributed by atoms with E-state index >= 15 is 0 Å². The summed E-state index contributed by atoms with van der Waals surface area (Å²) in [4.78, 5) is 0. The number of hydrogen-bond acceptors (Lipinski definition) is 2. The van der Waals surface area contributed by atoms with Crippen molar-refractivity contribution in [1.82, 2.24) is 5.32 Å². The molecular formula is C14H16N2. The summed E-state index contributed by atoms with van der Waals surface area (Å²) in [5, 5.41) is 12.0. The van der Waals surface area contributed by atoms with Crippen LogP contribution in [-0.4, -0.2) is 6.54 Å². The molecule has 2 rings (SSSR count). The van der Waals surface area contributed by atoms with E-state index in [0.717, 1.165) is 31.4 Å². The lowest BCUT2D eigenvalue weighted by atomic mass is 9.95. The van der Waals surface area contributed by atoms with Crippen molar-refractivity contribution < 1.29 is 0 Å². The van der Waals surface area contributed by atoms with Gasteiger partial charge in [0, 0.05) is 24.2 Å². The van der Waals surface area contributed by atoms with E-state index in [1.165, 1.54) is 5.56 Å². The van der Waals surface area contributed by atoms with Gasteiger partial charge in [-0.3, -0.25) is 0 Å². The number of aryl methyl sites for hydroxylation is 1. The Labute approximate surface area is 96.6 Å². The van der Waals surface area contributed by atoms with Crippen molar-refractivity contribution >= 4 is 0 Å². The quantitative estimate of drug-likeness (QED) is 0.832. The van der Waals surface area contributed by atoms with Crippen LogP contribution in [0, 0.1) is 17.2 Å². The number of nitrogens with one attached hydrogen (secondary N) is 1. The number of nitriles is 1. The largest absolute Gasteiger partial charge is 0.389 e. The van der Waals surface area contributed by atoms with Crippen LogP contribution in [0.5, 0.6) is 0 Å². The fraction of sp³-hybridized carbons (Fsp3) is 0.357. The Bertz CT molecular complexity index is 400. The molecule has 1 aromatic rings. The maximum atomic E-state index is 8.89. The van der Waals surface area contributed by atoms with E-state index in [0.29, 0.717) is 5.92 Å². The first kappa shape index (κ1) is 10.8. The molecule has 1 N–H and O–H groups in total. The van der Waals surface area contributed by atoms with E-state index in [2.05, 4.69) is 35.7 Å². The highest BCUT2D eigenvalue weighted by atomic mass is 14.9. The summed E-state index contributed by atoms with van der Waals surface area (Å²) in [6.45, 7) is 0.928. The second kappa shape index (κ2) is 5.37. The van der Waals surface area contributed by atoms with E-state index in [9.17, 15) is 0 Å². The molecular weight excluding hydrogens is 196 g/mol. The van der Waals surface area contributed by atoms with Gasteiger partial charge >= 0.3 is 0 Å². The average Bonchev–Trinajstić information content (AvgIpc) is 2.78. The van der Waals surface area contributed by atoms with Gasteiger partial charge < -0.3 is 5.32 Å². The van der Waals surface area contributed by atoms with E-state index in [4.69, 9.17) is 5.26 Å². The van der Waals surface area contributed by atoms with Gasteiger partial charge in [-0.2, -0.15) is 5.26 Å². The fourth-order valence-electron chi connectivity index (χ4n) is 2.12. The van der Waals surface area contributed by atoms with Crippen LogP contribution in [-0.2, 0) is 6.42 Å². The SMILES string of the molecule is N#CC1=CNCC1CCCc1ccccc1. The highest BCUT2D eigenvalue weighted by Crippen LogP contribution is 2.20. The maximum absolute atomic E-state index is 8.89. The molecule has 2 nitrogen and oxygen atoms in total. The summed E-state index contributed by atoms with van der Waals surface area (Å²) < 4.78 is 0. The van der Waals surface area contributed by atoms with Crippen molar-refractivity contribution in [2.45, 2.75) is 19.3 Å². The Hall–Kier alpha value is -1.75. The molecule has 0 fully saturated rings. The van der Waals surface area contributed by atoms with Crippen LogP contribution < -0.4 is 5.32 Å². The van der Waals surface area contributed by atoms with Gasteiger partial charge in [0.15, 0.2) is 0 Å². The zero-order chi connectivity index (χ0) is 11.2. The first-order chi connectivity index (χ1) is 7.90. The molecule has 1 aliphatic heterocycles. The topological polar surface area (TPSA) is 35.8 Å². The van der Waals surface area contributed by atoms with Gasteiger partial charge in [0.25, 0.3) is 0 Å². The Morgan fingerprint density at radius 3 is 2.88 bits per heavy atom. The van der Waals surface area contributed by atoms with Gasteiger partial charge in [0.1, 0.15) is 0 Å². The van der Waals surface area contributed by atoms with E-state index in [1.807, 2.05) is 12.3 Å². The lowest BCUT2D eigenvalue weighted by Gasteiger charge is -2.08. The standard InChI is InChI=1S/C14H16N2/c15-9-14-11-16-10-13(14)8-4-7-12-5-2-1-3-6-12/h1-3,5-6,11,13,16H,4,7-8,10H2. The zero-order valence-electron chi connectivity index (χ0n) is 9.32. The summed E-state index contributed by atoms with van der Waals surface area (Å²) in [5.74, 6) is 0.425. The number of hydrogen-bond donors (Lipinski definition) is 1. The lowest BCUT2D eigenvalue weighted by molar-refractivity contribution is 0.557. The predicted octanol–water partition coefficient (Wildman–Crippen LogP) is 2.64. The summed E-state index contributed by atoms with van der Waals surface area (Å²) in [6, 6.07) is 12.8. The fourth-order valence-corrected chi connectivity index (χ4v) is 2.12. The molecule has 1 atom stereocenters. The van der Waals surface area contributed by atoms with Crippen LogP contribution in [0.2, 0.25) is 0 Å². The third kappa shape index (κ3) is 2.64. The number of nitrogens with zero attached hydrogens (tertiary/aromatic N) is 1. The molecule has 0 saturated heterocycles.